The lowest BCUT2D eigenvalue weighted by Gasteiger charge is -2.41. The maximum absolute atomic E-state index is 14.1. The Labute approximate surface area is 265 Å². The summed E-state index contributed by atoms with van der Waals surface area (Å²) in [4.78, 5) is 43.1. The van der Waals surface area contributed by atoms with Crippen LogP contribution in [0.2, 0.25) is 0 Å². The van der Waals surface area contributed by atoms with Gasteiger partial charge in [0.2, 0.25) is 5.91 Å². The van der Waals surface area contributed by atoms with E-state index in [1.807, 2.05) is 9.80 Å². The van der Waals surface area contributed by atoms with Gasteiger partial charge in [-0.2, -0.15) is 0 Å². The van der Waals surface area contributed by atoms with Gasteiger partial charge in [0.05, 0.1) is 5.92 Å². The van der Waals surface area contributed by atoms with Crippen molar-refractivity contribution in [2.75, 3.05) is 78.4 Å². The van der Waals surface area contributed by atoms with Gasteiger partial charge in [-0.05, 0) is 25.8 Å². The number of rotatable bonds is 10. The van der Waals surface area contributed by atoms with Gasteiger partial charge in [-0.3, -0.25) is 9.59 Å². The molecule has 0 radical (unpaired) electrons. The highest BCUT2D eigenvalue weighted by atomic mass is 35.5. The predicted molar refractivity (Wildman–Crippen MR) is 172 cm³/mol. The largest absolute Gasteiger partial charge is 0.385 e. The Kier molecular flexibility index (Phi) is 17.6. The van der Waals surface area contributed by atoms with Crippen molar-refractivity contribution in [2.24, 2.45) is 11.8 Å². The topological polar surface area (TPSA) is 103 Å². The van der Waals surface area contributed by atoms with E-state index in [4.69, 9.17) is 9.72 Å². The van der Waals surface area contributed by atoms with Gasteiger partial charge < -0.3 is 30.1 Å². The average Bonchev–Trinajstić information content (AvgIpc) is 2.89. The molecule has 2 fully saturated rings. The molecule has 2 aliphatic heterocycles. The van der Waals surface area contributed by atoms with Crippen molar-refractivity contribution in [3.63, 3.8) is 0 Å². The Bertz CT molecular complexity index is 941. The maximum Gasteiger partial charge on any atom is 0.259 e. The Hall–Kier alpha value is -1.43. The summed E-state index contributed by atoms with van der Waals surface area (Å²) >= 11 is 0. The third-order valence-corrected chi connectivity index (χ3v) is 7.26. The number of nitrogens with one attached hydrogen (secondary N) is 2. The van der Waals surface area contributed by atoms with E-state index in [9.17, 15) is 9.59 Å². The second kappa shape index (κ2) is 18.3. The summed E-state index contributed by atoms with van der Waals surface area (Å²) in [5.74, 6) is 1.51. The van der Waals surface area contributed by atoms with Gasteiger partial charge in [-0.1, -0.05) is 34.6 Å². The van der Waals surface area contributed by atoms with Crippen molar-refractivity contribution < 1.29 is 14.3 Å². The highest BCUT2D eigenvalue weighted by Gasteiger charge is 2.36. The molecule has 2 aliphatic rings. The molecule has 0 saturated carbocycles. The van der Waals surface area contributed by atoms with E-state index in [0.29, 0.717) is 56.4 Å². The maximum atomic E-state index is 14.1. The molecule has 10 nitrogen and oxygen atoms in total. The lowest BCUT2D eigenvalue weighted by Crippen LogP contribution is -2.56. The van der Waals surface area contributed by atoms with Gasteiger partial charge in [0.15, 0.2) is 0 Å². The fourth-order valence-corrected chi connectivity index (χ4v) is 5.03. The Morgan fingerprint density at radius 2 is 1.80 bits per heavy atom. The summed E-state index contributed by atoms with van der Waals surface area (Å²) in [6, 6.07) is -0.0799. The molecule has 0 aliphatic carbocycles. The molecule has 0 aromatic carbocycles. The van der Waals surface area contributed by atoms with Crippen LogP contribution in [0.1, 0.15) is 63.6 Å². The van der Waals surface area contributed by atoms with E-state index >= 15 is 0 Å². The first-order valence-corrected chi connectivity index (χ1v) is 14.1. The molecule has 13 heteroatoms. The van der Waals surface area contributed by atoms with E-state index in [0.717, 1.165) is 32.6 Å². The molecule has 2 amide bonds. The van der Waals surface area contributed by atoms with Gasteiger partial charge in [-0.25, -0.2) is 9.97 Å². The number of nitrogens with zero attached hydrogens (tertiary/aromatic N) is 5. The van der Waals surface area contributed by atoms with E-state index < -0.39 is 0 Å². The monoisotopic (exact) mass is 639 g/mol. The Morgan fingerprint density at radius 3 is 2.39 bits per heavy atom. The summed E-state index contributed by atoms with van der Waals surface area (Å²) in [7, 11) is 3.77. The van der Waals surface area contributed by atoms with Crippen LogP contribution < -0.4 is 10.6 Å². The smallest absolute Gasteiger partial charge is 0.259 e. The fourth-order valence-electron chi connectivity index (χ4n) is 5.03. The zero-order valence-electron chi connectivity index (χ0n) is 25.8. The number of likely N-dealkylation sites (N-methyl/N-ethyl adjacent to an activating group) is 1. The normalized spacial score (nSPS) is 19.5. The lowest BCUT2D eigenvalue weighted by molar-refractivity contribution is -0.138. The molecule has 0 spiro atoms. The summed E-state index contributed by atoms with van der Waals surface area (Å²) < 4.78 is 5.19. The summed E-state index contributed by atoms with van der Waals surface area (Å²) in [5, 5.41) is 6.82. The van der Waals surface area contributed by atoms with Gasteiger partial charge >= 0.3 is 0 Å². The van der Waals surface area contributed by atoms with Crippen molar-refractivity contribution in [3.05, 3.63) is 17.6 Å². The number of carbonyl (C=O) groups is 2. The molecule has 3 rings (SSSR count). The minimum atomic E-state index is -0.244. The van der Waals surface area contributed by atoms with Crippen molar-refractivity contribution in [2.45, 2.75) is 58.9 Å². The number of piperazine rings is 1. The minimum absolute atomic E-state index is 0. The minimum Gasteiger partial charge on any atom is -0.385 e. The lowest BCUT2D eigenvalue weighted by atomic mass is 9.92. The van der Waals surface area contributed by atoms with Crippen LogP contribution in [-0.2, 0) is 14.9 Å². The van der Waals surface area contributed by atoms with E-state index in [2.05, 4.69) is 62.2 Å². The first-order valence-electron chi connectivity index (χ1n) is 14.1. The van der Waals surface area contributed by atoms with Crippen LogP contribution in [0, 0.1) is 11.8 Å². The second-order valence-corrected chi connectivity index (χ2v) is 12.2. The highest BCUT2D eigenvalue weighted by Crippen LogP contribution is 2.26. The molecule has 2 atom stereocenters. The number of anilines is 1. The SMILES string of the molecule is COCCCNc1nc(C(C)(C)C)ncc1C(=O)N(CC(C)C)[C@@H]1CNC[C@H](C(=O)N2CCN(C)CC2)C1.Cl.Cl.Cl. The molecule has 2 N–H and O–H groups in total. The van der Waals surface area contributed by atoms with Crippen LogP contribution in [0.25, 0.3) is 0 Å². The molecule has 1 aromatic heterocycles. The third-order valence-electron chi connectivity index (χ3n) is 7.26. The van der Waals surface area contributed by atoms with Crippen molar-refractivity contribution >= 4 is 54.9 Å². The number of ether oxygens (including phenoxy) is 1. The first kappa shape index (κ1) is 39.6. The predicted octanol–water partition coefficient (Wildman–Crippen LogP) is 3.34. The Balaban J connectivity index is 0.00000533. The number of piperidine rings is 1. The van der Waals surface area contributed by atoms with E-state index in [-0.39, 0.29) is 72.3 Å². The van der Waals surface area contributed by atoms with Crippen LogP contribution >= 0.6 is 37.2 Å². The summed E-state index contributed by atoms with van der Waals surface area (Å²) in [5.41, 5.74) is 0.232. The van der Waals surface area contributed by atoms with Crippen molar-refractivity contribution in [3.8, 4) is 0 Å². The van der Waals surface area contributed by atoms with Crippen LogP contribution in [0.4, 0.5) is 5.82 Å². The molecule has 0 bridgehead atoms. The fraction of sp³-hybridized carbons (Fsp3) is 0.786. The van der Waals surface area contributed by atoms with E-state index in [1.54, 1.807) is 13.3 Å². The molecular formula is C28H52Cl3N7O3. The van der Waals surface area contributed by atoms with Gasteiger partial charge in [0.1, 0.15) is 17.2 Å². The van der Waals surface area contributed by atoms with E-state index in [1.165, 1.54) is 0 Å². The molecule has 2 saturated heterocycles. The van der Waals surface area contributed by atoms with Gasteiger partial charge in [0.25, 0.3) is 5.91 Å². The van der Waals surface area contributed by atoms with Crippen LogP contribution in [-0.4, -0.2) is 116 Å². The van der Waals surface area contributed by atoms with Gasteiger partial charge in [-0.15, -0.1) is 37.2 Å². The number of hydrogen-bond donors (Lipinski definition) is 2. The van der Waals surface area contributed by atoms with Crippen LogP contribution in [0.3, 0.4) is 0 Å². The summed E-state index contributed by atoms with van der Waals surface area (Å²) in [6.07, 6.45) is 3.14. The summed E-state index contributed by atoms with van der Waals surface area (Å²) in [6.45, 7) is 17.0. The molecule has 238 valence electrons. The number of carbonyl (C=O) groups excluding carboxylic acids is 2. The quantitative estimate of drug-likeness (QED) is 0.376. The number of aromatic nitrogens is 2. The number of hydrogen-bond acceptors (Lipinski definition) is 8. The molecule has 0 unspecified atom stereocenters. The molecular weight excluding hydrogens is 589 g/mol. The molecule has 1 aromatic rings. The van der Waals surface area contributed by atoms with Crippen molar-refractivity contribution in [1.82, 2.24) is 30.0 Å². The number of methoxy groups -OCH3 is 1. The molecule has 41 heavy (non-hydrogen) atoms. The van der Waals surface area contributed by atoms with Crippen LogP contribution in [0.5, 0.6) is 0 Å². The zero-order valence-corrected chi connectivity index (χ0v) is 28.2. The van der Waals surface area contributed by atoms with Gasteiger partial charge in [0, 0.05) is 83.7 Å². The zero-order chi connectivity index (χ0) is 27.9. The van der Waals surface area contributed by atoms with Crippen molar-refractivity contribution in [1.29, 1.82) is 0 Å². The third kappa shape index (κ3) is 11.3. The number of amides is 2. The highest BCUT2D eigenvalue weighted by molar-refractivity contribution is 5.98. The standard InChI is InChI=1S/C28H49N7O3.3ClH/c1-20(2)19-35(22-15-21(16-29-17-22)25(36)34-12-10-33(6)11-13-34)26(37)23-18-31-27(28(3,4)5)32-24(23)30-9-8-14-38-7;;;/h18,20-22,29H,8-17,19H2,1-7H3,(H,30,31,32);3*1H/t21-,22+;;;/m1.../s1. The first-order chi connectivity index (χ1) is 18.0. The average molecular weight is 641 g/mol. The molecule has 3 heterocycles. The second-order valence-electron chi connectivity index (χ2n) is 12.2. The number of halogens is 3. The van der Waals surface area contributed by atoms with Crippen LogP contribution in [0.15, 0.2) is 6.20 Å². The Morgan fingerprint density at radius 1 is 1.15 bits per heavy atom.